The van der Waals surface area contributed by atoms with E-state index in [-0.39, 0.29) is 42.4 Å². The van der Waals surface area contributed by atoms with Crippen molar-refractivity contribution in [1.82, 2.24) is 15.1 Å². The first-order chi connectivity index (χ1) is 20.3. The second-order valence-corrected chi connectivity index (χ2v) is 11.4. The highest BCUT2D eigenvalue weighted by Gasteiger charge is 2.36. The van der Waals surface area contributed by atoms with Crippen molar-refractivity contribution in [3.63, 3.8) is 0 Å². The zero-order valence-corrected chi connectivity index (χ0v) is 24.7. The number of likely N-dealkylation sites (tertiary alicyclic amines) is 1. The van der Waals surface area contributed by atoms with Gasteiger partial charge in [0.05, 0.1) is 31.4 Å². The molecule has 1 N–H and O–H groups in total. The van der Waals surface area contributed by atoms with Gasteiger partial charge in [-0.2, -0.15) is 0 Å². The molecule has 3 aliphatic heterocycles. The molecule has 2 aromatic carbocycles. The van der Waals surface area contributed by atoms with Gasteiger partial charge in [0.25, 0.3) is 5.91 Å². The molecule has 0 aliphatic carbocycles. The van der Waals surface area contributed by atoms with Crippen LogP contribution in [-0.2, 0) is 25.7 Å². The molecule has 0 saturated carbocycles. The van der Waals surface area contributed by atoms with E-state index < -0.39 is 6.04 Å². The number of carbonyl (C=O) groups excluding carboxylic acids is 3. The van der Waals surface area contributed by atoms with Crippen molar-refractivity contribution in [3.8, 4) is 17.2 Å². The standard InChI is InChI=1S/C32H41N3O7/c1-4-34-19-30(36)33-28-18-35(31(37)23-9-12-39-13-10-23)11-8-29(28)40-20-22-6-5-7-25(14-22)42-27-16-24(32(34)38)15-26(17-27)41-21(2)3/h5-7,14-17,21,23,28-29H,4,8-13,18-20H2,1-3H3,(H,33,36)/t28-,29-/m0/s1. The van der Waals surface area contributed by atoms with Crippen molar-refractivity contribution >= 4 is 17.7 Å². The van der Waals surface area contributed by atoms with E-state index in [0.717, 1.165) is 5.56 Å². The molecule has 0 aromatic heterocycles. The van der Waals surface area contributed by atoms with Crippen LogP contribution in [0, 0.1) is 5.92 Å². The van der Waals surface area contributed by atoms with Crippen LogP contribution in [0.5, 0.6) is 17.2 Å². The lowest BCUT2D eigenvalue weighted by Gasteiger charge is -2.40. The first-order valence-corrected chi connectivity index (χ1v) is 14.9. The third-order valence-corrected chi connectivity index (χ3v) is 7.88. The van der Waals surface area contributed by atoms with E-state index in [1.165, 1.54) is 4.90 Å². The van der Waals surface area contributed by atoms with Gasteiger partial charge < -0.3 is 34.1 Å². The number of nitrogens with zero attached hydrogens (tertiary/aromatic N) is 2. The number of nitrogens with one attached hydrogen (secondary N) is 1. The van der Waals surface area contributed by atoms with E-state index in [4.69, 9.17) is 18.9 Å². The number of piperidine rings is 1. The molecule has 0 radical (unpaired) electrons. The second-order valence-electron chi connectivity index (χ2n) is 11.4. The molecule has 2 saturated heterocycles. The smallest absolute Gasteiger partial charge is 0.254 e. The van der Waals surface area contributed by atoms with Crippen LogP contribution in [0.3, 0.4) is 0 Å². The summed E-state index contributed by atoms with van der Waals surface area (Å²) >= 11 is 0. The van der Waals surface area contributed by atoms with Gasteiger partial charge in [-0.3, -0.25) is 14.4 Å². The number of hydrogen-bond donors (Lipinski definition) is 1. The zero-order valence-electron chi connectivity index (χ0n) is 24.7. The number of benzene rings is 2. The monoisotopic (exact) mass is 579 g/mol. The van der Waals surface area contributed by atoms with Crippen LogP contribution in [0.25, 0.3) is 0 Å². The van der Waals surface area contributed by atoms with E-state index in [9.17, 15) is 14.4 Å². The molecule has 4 bridgehead atoms. The first-order valence-electron chi connectivity index (χ1n) is 14.9. The maximum Gasteiger partial charge on any atom is 0.254 e. The van der Waals surface area contributed by atoms with E-state index in [1.807, 2.05) is 49.9 Å². The Morgan fingerprint density at radius 1 is 1.07 bits per heavy atom. The Hall–Kier alpha value is -3.63. The van der Waals surface area contributed by atoms with Crippen molar-refractivity contribution < 1.29 is 33.3 Å². The Morgan fingerprint density at radius 3 is 2.64 bits per heavy atom. The fraction of sp³-hybridized carbons (Fsp3) is 0.531. The molecule has 3 amide bonds. The third-order valence-electron chi connectivity index (χ3n) is 7.88. The van der Waals surface area contributed by atoms with Crippen LogP contribution >= 0.6 is 0 Å². The number of carbonyl (C=O) groups is 3. The Morgan fingerprint density at radius 2 is 1.88 bits per heavy atom. The molecule has 226 valence electrons. The van der Waals surface area contributed by atoms with Gasteiger partial charge in [0.1, 0.15) is 17.2 Å². The Kier molecular flexibility index (Phi) is 9.64. The van der Waals surface area contributed by atoms with Gasteiger partial charge in [0, 0.05) is 50.4 Å². The maximum absolute atomic E-state index is 13.6. The highest BCUT2D eigenvalue weighted by molar-refractivity contribution is 5.97. The van der Waals surface area contributed by atoms with Crippen LogP contribution in [0.2, 0.25) is 0 Å². The fourth-order valence-corrected chi connectivity index (χ4v) is 5.74. The fourth-order valence-electron chi connectivity index (χ4n) is 5.74. The summed E-state index contributed by atoms with van der Waals surface area (Å²) in [6.07, 6.45) is 1.62. The van der Waals surface area contributed by atoms with Crippen molar-refractivity contribution in [3.05, 3.63) is 53.6 Å². The summed E-state index contributed by atoms with van der Waals surface area (Å²) in [5, 5.41) is 3.10. The molecule has 2 aromatic rings. The molecule has 0 spiro atoms. The van der Waals surface area contributed by atoms with E-state index in [2.05, 4.69) is 5.32 Å². The normalized spacial score (nSPS) is 22.3. The van der Waals surface area contributed by atoms with E-state index in [1.54, 1.807) is 18.2 Å². The summed E-state index contributed by atoms with van der Waals surface area (Å²) < 4.78 is 23.9. The molecule has 0 unspecified atom stereocenters. The van der Waals surface area contributed by atoms with Gasteiger partial charge in [0.2, 0.25) is 11.8 Å². The van der Waals surface area contributed by atoms with Gasteiger partial charge in [0.15, 0.2) is 0 Å². The predicted octanol–water partition coefficient (Wildman–Crippen LogP) is 3.77. The number of ether oxygens (including phenoxy) is 4. The van der Waals surface area contributed by atoms with Crippen molar-refractivity contribution in [1.29, 1.82) is 0 Å². The predicted molar refractivity (Wildman–Crippen MR) is 156 cm³/mol. The van der Waals surface area contributed by atoms with Crippen molar-refractivity contribution in [2.24, 2.45) is 5.92 Å². The highest BCUT2D eigenvalue weighted by atomic mass is 16.5. The molecule has 3 aliphatic rings. The number of amides is 3. The van der Waals surface area contributed by atoms with Gasteiger partial charge in [-0.1, -0.05) is 12.1 Å². The van der Waals surface area contributed by atoms with Gasteiger partial charge in [-0.05, 0) is 69.9 Å². The number of likely N-dealkylation sites (N-methyl/N-ethyl adjacent to an activating group) is 1. The lowest BCUT2D eigenvalue weighted by molar-refractivity contribution is -0.143. The molecule has 10 heteroatoms. The Balaban J connectivity index is 1.42. The first kappa shape index (κ1) is 29.8. The number of rotatable bonds is 4. The molecular formula is C32H41N3O7. The zero-order chi connectivity index (χ0) is 29.6. The SMILES string of the molecule is CCN1CC(=O)N[C@H]2CN(C(=O)C3CCOCC3)CC[C@@H]2OCc2cccc(c2)Oc2cc(OC(C)C)cc(c2)C1=O. The average Bonchev–Trinajstić information content (AvgIpc) is 2.98. The lowest BCUT2D eigenvalue weighted by Crippen LogP contribution is -2.59. The number of hydrogen-bond acceptors (Lipinski definition) is 7. The van der Waals surface area contributed by atoms with Crippen LogP contribution in [0.4, 0.5) is 0 Å². The van der Waals surface area contributed by atoms with Crippen LogP contribution in [0.1, 0.15) is 56.0 Å². The second kappa shape index (κ2) is 13.6. The van der Waals surface area contributed by atoms with Crippen LogP contribution in [0.15, 0.2) is 42.5 Å². The topological polar surface area (TPSA) is 107 Å². The summed E-state index contributed by atoms with van der Waals surface area (Å²) in [4.78, 5) is 43.7. The molecule has 5 rings (SSSR count). The van der Waals surface area contributed by atoms with Gasteiger partial charge in [-0.15, -0.1) is 0 Å². The van der Waals surface area contributed by atoms with Gasteiger partial charge in [-0.25, -0.2) is 0 Å². The van der Waals surface area contributed by atoms with Crippen LogP contribution in [-0.4, -0.2) is 85.2 Å². The largest absolute Gasteiger partial charge is 0.491 e. The molecular weight excluding hydrogens is 538 g/mol. The van der Waals surface area contributed by atoms with Gasteiger partial charge >= 0.3 is 0 Å². The molecule has 2 atom stereocenters. The highest BCUT2D eigenvalue weighted by Crippen LogP contribution is 2.30. The summed E-state index contributed by atoms with van der Waals surface area (Å²) in [5.74, 6) is 1.01. The Bertz CT molecular complexity index is 1280. The summed E-state index contributed by atoms with van der Waals surface area (Å²) in [7, 11) is 0. The van der Waals surface area contributed by atoms with E-state index in [0.29, 0.717) is 81.5 Å². The minimum absolute atomic E-state index is 0.0608. The molecule has 10 nitrogen and oxygen atoms in total. The molecule has 2 fully saturated rings. The molecule has 42 heavy (non-hydrogen) atoms. The van der Waals surface area contributed by atoms with Crippen LogP contribution < -0.4 is 14.8 Å². The maximum atomic E-state index is 13.6. The molecule has 3 heterocycles. The summed E-state index contributed by atoms with van der Waals surface area (Å²) in [5.41, 5.74) is 1.28. The summed E-state index contributed by atoms with van der Waals surface area (Å²) in [6, 6.07) is 12.3. The van der Waals surface area contributed by atoms with Crippen molar-refractivity contribution in [2.45, 2.75) is 64.9 Å². The van der Waals surface area contributed by atoms with Crippen molar-refractivity contribution in [2.75, 3.05) is 39.4 Å². The third kappa shape index (κ3) is 7.41. The van der Waals surface area contributed by atoms with E-state index >= 15 is 0 Å². The lowest BCUT2D eigenvalue weighted by atomic mass is 9.95. The summed E-state index contributed by atoms with van der Waals surface area (Å²) in [6.45, 7) is 8.29. The minimum atomic E-state index is -0.412. The number of fused-ring (bicyclic) bond motifs is 5. The Labute approximate surface area is 247 Å². The minimum Gasteiger partial charge on any atom is -0.491 e. The average molecular weight is 580 g/mol. The quantitative estimate of drug-likeness (QED) is 0.588.